The van der Waals surface area contributed by atoms with E-state index in [2.05, 4.69) is 20.6 Å². The molecule has 3 rings (SSSR count). The van der Waals surface area contributed by atoms with E-state index in [0.717, 1.165) is 5.69 Å². The number of amides is 1. The Kier molecular flexibility index (Phi) is 3.64. The summed E-state index contributed by atoms with van der Waals surface area (Å²) in [5.41, 5.74) is 1.83. The first-order chi connectivity index (χ1) is 10.5. The Morgan fingerprint density at radius 1 is 1.32 bits per heavy atom. The molecule has 7 nitrogen and oxygen atoms in total. The first-order valence-electron chi connectivity index (χ1n) is 6.44. The Morgan fingerprint density at radius 3 is 2.82 bits per heavy atom. The predicted octanol–water partition coefficient (Wildman–Crippen LogP) is 2.68. The van der Waals surface area contributed by atoms with Crippen LogP contribution in [0.4, 0.5) is 6.01 Å². The molecule has 1 amide bonds. The van der Waals surface area contributed by atoms with Crippen LogP contribution in [0, 0.1) is 6.92 Å². The quantitative estimate of drug-likeness (QED) is 0.802. The molecule has 0 saturated heterocycles. The zero-order chi connectivity index (χ0) is 15.7. The maximum Gasteiger partial charge on any atom is 0.322 e. The minimum Gasteiger partial charge on any atom is -0.403 e. The van der Waals surface area contributed by atoms with E-state index in [1.165, 1.54) is 0 Å². The molecular weight excluding hydrogens is 306 g/mol. The average molecular weight is 318 g/mol. The molecule has 0 unspecified atom stereocenters. The Labute approximate surface area is 130 Å². The number of carbonyl (C=O) groups excluding carboxylic acids is 1. The zero-order valence-corrected chi connectivity index (χ0v) is 12.6. The molecule has 3 aromatic rings. The van der Waals surface area contributed by atoms with Gasteiger partial charge in [0.25, 0.3) is 5.91 Å². The summed E-state index contributed by atoms with van der Waals surface area (Å²) >= 11 is 5.91. The van der Waals surface area contributed by atoms with Crippen LogP contribution in [0.3, 0.4) is 0 Å². The lowest BCUT2D eigenvalue weighted by atomic mass is 10.2. The van der Waals surface area contributed by atoms with Gasteiger partial charge in [-0.25, -0.2) is 0 Å². The maximum atomic E-state index is 12.0. The number of hydrogen-bond donors (Lipinski definition) is 1. The number of halogens is 1. The molecule has 0 aliphatic rings. The van der Waals surface area contributed by atoms with E-state index in [4.69, 9.17) is 16.0 Å². The van der Waals surface area contributed by atoms with Crippen LogP contribution in [-0.2, 0) is 7.05 Å². The topological polar surface area (TPSA) is 85.8 Å². The lowest BCUT2D eigenvalue weighted by molar-refractivity contribution is 0.101. The van der Waals surface area contributed by atoms with Gasteiger partial charge in [0, 0.05) is 23.3 Å². The van der Waals surface area contributed by atoms with Crippen molar-refractivity contribution in [2.45, 2.75) is 6.92 Å². The minimum atomic E-state index is -0.412. The Morgan fingerprint density at radius 2 is 2.14 bits per heavy atom. The van der Waals surface area contributed by atoms with Crippen LogP contribution in [0.15, 0.2) is 34.7 Å². The van der Waals surface area contributed by atoms with Crippen molar-refractivity contribution in [3.8, 4) is 11.5 Å². The molecular formula is C14H12ClN5O2. The number of benzene rings is 1. The third-order valence-electron chi connectivity index (χ3n) is 3.06. The van der Waals surface area contributed by atoms with Gasteiger partial charge in [0.2, 0.25) is 5.89 Å². The summed E-state index contributed by atoms with van der Waals surface area (Å²) in [7, 11) is 1.76. The molecule has 8 heteroatoms. The largest absolute Gasteiger partial charge is 0.403 e. The van der Waals surface area contributed by atoms with Gasteiger partial charge < -0.3 is 4.42 Å². The molecule has 0 aliphatic carbocycles. The van der Waals surface area contributed by atoms with Crippen molar-refractivity contribution < 1.29 is 9.21 Å². The van der Waals surface area contributed by atoms with Crippen molar-refractivity contribution in [1.29, 1.82) is 0 Å². The molecule has 22 heavy (non-hydrogen) atoms. The van der Waals surface area contributed by atoms with Gasteiger partial charge in [-0.2, -0.15) is 5.10 Å². The second-order valence-corrected chi connectivity index (χ2v) is 5.11. The highest BCUT2D eigenvalue weighted by atomic mass is 35.5. The molecule has 1 N–H and O–H groups in total. The molecule has 2 aromatic heterocycles. The summed E-state index contributed by atoms with van der Waals surface area (Å²) < 4.78 is 7.02. The Balaban J connectivity index is 1.78. The van der Waals surface area contributed by atoms with E-state index in [1.54, 1.807) is 42.1 Å². The van der Waals surface area contributed by atoms with E-state index < -0.39 is 5.91 Å². The molecule has 0 fully saturated rings. The van der Waals surface area contributed by atoms with E-state index in [9.17, 15) is 4.79 Å². The van der Waals surface area contributed by atoms with Gasteiger partial charge in [0.05, 0.1) is 0 Å². The number of aromatic nitrogens is 4. The number of nitrogens with one attached hydrogen (secondary N) is 1. The summed E-state index contributed by atoms with van der Waals surface area (Å²) in [4.78, 5) is 12.0. The van der Waals surface area contributed by atoms with Crippen LogP contribution in [0.25, 0.3) is 11.5 Å². The third kappa shape index (κ3) is 2.84. The molecule has 1 aromatic carbocycles. The number of carbonyl (C=O) groups is 1. The monoisotopic (exact) mass is 317 g/mol. The molecule has 0 atom stereocenters. The van der Waals surface area contributed by atoms with Crippen molar-refractivity contribution in [1.82, 2.24) is 20.0 Å². The fourth-order valence-corrected chi connectivity index (χ4v) is 2.03. The van der Waals surface area contributed by atoms with Gasteiger partial charge in [-0.1, -0.05) is 22.8 Å². The first-order valence-corrected chi connectivity index (χ1v) is 6.82. The highest BCUT2D eigenvalue weighted by molar-refractivity contribution is 6.30. The van der Waals surface area contributed by atoms with Crippen LogP contribution in [0.5, 0.6) is 0 Å². The predicted molar refractivity (Wildman–Crippen MR) is 80.6 cm³/mol. The zero-order valence-electron chi connectivity index (χ0n) is 11.9. The summed E-state index contributed by atoms with van der Waals surface area (Å²) in [6.45, 7) is 1.85. The fraction of sp³-hybridized carbons (Fsp3) is 0.143. The van der Waals surface area contributed by atoms with Crippen LogP contribution >= 0.6 is 11.6 Å². The van der Waals surface area contributed by atoms with Crippen molar-refractivity contribution in [2.75, 3.05) is 5.32 Å². The fourth-order valence-electron chi connectivity index (χ4n) is 1.84. The molecule has 112 valence electrons. The second-order valence-electron chi connectivity index (χ2n) is 4.67. The van der Waals surface area contributed by atoms with Gasteiger partial charge in [0.15, 0.2) is 5.69 Å². The van der Waals surface area contributed by atoms with Gasteiger partial charge in [-0.15, -0.1) is 5.10 Å². The van der Waals surface area contributed by atoms with Gasteiger partial charge in [-0.3, -0.25) is 14.8 Å². The molecule has 0 spiro atoms. The number of rotatable bonds is 3. The number of anilines is 1. The SMILES string of the molecule is Cc1cc(C(=O)Nc2nnc(-c3cccc(Cl)c3)o2)nn1C. The maximum absolute atomic E-state index is 12.0. The number of aryl methyl sites for hydroxylation is 2. The molecule has 2 heterocycles. The van der Waals surface area contributed by atoms with E-state index in [-0.39, 0.29) is 17.6 Å². The standard InChI is InChI=1S/C14H12ClN5O2/c1-8-6-11(19-20(8)2)12(21)16-14-18-17-13(22-14)9-4-3-5-10(15)7-9/h3-7H,1-2H3,(H,16,18,21). The average Bonchev–Trinajstić information content (AvgIpc) is 3.07. The summed E-state index contributed by atoms with van der Waals surface area (Å²) in [6, 6.07) is 8.67. The van der Waals surface area contributed by atoms with E-state index in [1.807, 2.05) is 6.92 Å². The van der Waals surface area contributed by atoms with Crippen molar-refractivity contribution >= 4 is 23.5 Å². The second kappa shape index (κ2) is 5.61. The Bertz CT molecular complexity index is 820. The van der Waals surface area contributed by atoms with Crippen LogP contribution in [0.2, 0.25) is 5.02 Å². The van der Waals surface area contributed by atoms with Gasteiger partial charge in [0.1, 0.15) is 0 Å². The highest BCUT2D eigenvalue weighted by Gasteiger charge is 2.15. The summed E-state index contributed by atoms with van der Waals surface area (Å²) in [5.74, 6) is -0.139. The number of hydrogen-bond acceptors (Lipinski definition) is 5. The van der Waals surface area contributed by atoms with Crippen LogP contribution in [0.1, 0.15) is 16.2 Å². The van der Waals surface area contributed by atoms with Gasteiger partial charge in [-0.05, 0) is 31.2 Å². The number of nitrogens with zero attached hydrogens (tertiary/aromatic N) is 4. The third-order valence-corrected chi connectivity index (χ3v) is 3.30. The molecule has 0 radical (unpaired) electrons. The summed E-state index contributed by atoms with van der Waals surface area (Å²) in [6.07, 6.45) is 0. The first kappa shape index (κ1) is 14.3. The minimum absolute atomic E-state index is 0.00304. The van der Waals surface area contributed by atoms with E-state index >= 15 is 0 Å². The van der Waals surface area contributed by atoms with Crippen LogP contribution in [-0.4, -0.2) is 25.9 Å². The molecule has 0 saturated carbocycles. The van der Waals surface area contributed by atoms with E-state index in [0.29, 0.717) is 10.6 Å². The molecule has 0 aliphatic heterocycles. The Hall–Kier alpha value is -2.67. The van der Waals surface area contributed by atoms with Gasteiger partial charge >= 0.3 is 6.01 Å². The van der Waals surface area contributed by atoms with Crippen molar-refractivity contribution in [3.05, 3.63) is 46.7 Å². The molecule has 0 bridgehead atoms. The lowest BCUT2D eigenvalue weighted by Gasteiger charge is -1.97. The smallest absolute Gasteiger partial charge is 0.322 e. The summed E-state index contributed by atoms with van der Waals surface area (Å²) in [5, 5.41) is 14.8. The van der Waals surface area contributed by atoms with Crippen molar-refractivity contribution in [3.63, 3.8) is 0 Å². The van der Waals surface area contributed by atoms with Crippen LogP contribution < -0.4 is 5.32 Å². The normalized spacial score (nSPS) is 10.7. The van der Waals surface area contributed by atoms with Crippen molar-refractivity contribution in [2.24, 2.45) is 7.05 Å². The highest BCUT2D eigenvalue weighted by Crippen LogP contribution is 2.22. The lowest BCUT2D eigenvalue weighted by Crippen LogP contribution is -2.13.